The summed E-state index contributed by atoms with van der Waals surface area (Å²) in [7, 11) is 1.44. The molecule has 1 aliphatic heterocycles. The number of aliphatic hydroxyl groups is 1. The van der Waals surface area contributed by atoms with E-state index >= 15 is 0 Å². The molecule has 0 saturated carbocycles. The Morgan fingerprint density at radius 2 is 1.92 bits per heavy atom. The first kappa shape index (κ1) is 18.0. The number of hydrogen-bond donors (Lipinski definition) is 3. The van der Waals surface area contributed by atoms with Crippen LogP contribution in [0.25, 0.3) is 0 Å². The number of amides is 1. The Balaban J connectivity index is 1.90. The van der Waals surface area contributed by atoms with Crippen LogP contribution < -0.4 is 10.8 Å². The lowest BCUT2D eigenvalue weighted by atomic mass is 9.88. The van der Waals surface area contributed by atoms with Crippen LogP contribution in [0.3, 0.4) is 0 Å². The lowest BCUT2D eigenvalue weighted by Gasteiger charge is -2.24. The van der Waals surface area contributed by atoms with E-state index < -0.39 is 29.2 Å². The minimum Gasteiger partial charge on any atom is -0.412 e. The summed E-state index contributed by atoms with van der Waals surface area (Å²) in [4.78, 5) is 17.8. The van der Waals surface area contributed by atoms with Gasteiger partial charge >= 0.3 is 0 Å². The quantitative estimate of drug-likeness (QED) is 0.766. The molecule has 3 N–H and O–H groups in total. The van der Waals surface area contributed by atoms with Gasteiger partial charge in [0.2, 0.25) is 0 Å². The fraction of sp³-hybridized carbons (Fsp3) is 0.211. The molecule has 2 atom stereocenters. The van der Waals surface area contributed by atoms with Crippen LogP contribution in [0.4, 0.5) is 8.78 Å². The van der Waals surface area contributed by atoms with Crippen molar-refractivity contribution in [1.29, 1.82) is 0 Å². The number of aliphatic hydroxyl groups excluding tert-OH is 1. The van der Waals surface area contributed by atoms with Gasteiger partial charge in [-0.15, -0.1) is 5.48 Å². The van der Waals surface area contributed by atoms with Crippen molar-refractivity contribution in [2.45, 2.75) is 18.1 Å². The maximum absolute atomic E-state index is 14.3. The van der Waals surface area contributed by atoms with E-state index in [-0.39, 0.29) is 17.7 Å². The molecule has 0 radical (unpaired) electrons. The standard InChI is InChI=1S/C19H18F2N2O3/c1-22-18(25)19(15-4-2-3-5-16(15)21)11-14(26-23-19)10-17(24)12-6-8-13(20)9-7-12/h2-9,11,17,23-24H,10H2,1H3,(H,22,25). The average Bonchev–Trinajstić information content (AvgIpc) is 3.06. The van der Waals surface area contributed by atoms with Gasteiger partial charge in [-0.25, -0.2) is 8.78 Å². The molecule has 1 amide bonds. The van der Waals surface area contributed by atoms with Gasteiger partial charge in [0, 0.05) is 19.0 Å². The summed E-state index contributed by atoms with van der Waals surface area (Å²) in [5.74, 6) is -1.21. The van der Waals surface area contributed by atoms with E-state index in [0.29, 0.717) is 5.56 Å². The van der Waals surface area contributed by atoms with E-state index in [1.807, 2.05) is 0 Å². The number of benzene rings is 2. The SMILES string of the molecule is CNC(=O)C1(c2ccccc2F)C=C(CC(O)c2ccc(F)cc2)ON1. The van der Waals surface area contributed by atoms with E-state index in [9.17, 15) is 18.7 Å². The van der Waals surface area contributed by atoms with Gasteiger partial charge in [0.25, 0.3) is 5.91 Å². The van der Waals surface area contributed by atoms with Crippen molar-refractivity contribution in [2.24, 2.45) is 0 Å². The molecule has 2 unspecified atom stereocenters. The van der Waals surface area contributed by atoms with Crippen molar-refractivity contribution in [3.8, 4) is 0 Å². The third kappa shape index (κ3) is 3.31. The fourth-order valence-corrected chi connectivity index (χ4v) is 2.89. The summed E-state index contributed by atoms with van der Waals surface area (Å²) in [6.07, 6.45) is 0.507. The van der Waals surface area contributed by atoms with Crippen LogP contribution in [0, 0.1) is 11.6 Å². The summed E-state index contributed by atoms with van der Waals surface area (Å²) in [5, 5.41) is 12.8. The number of likely N-dealkylation sites (N-methyl/N-ethyl adjacent to an activating group) is 1. The van der Waals surface area contributed by atoms with Crippen LogP contribution in [0.1, 0.15) is 23.7 Å². The molecule has 3 rings (SSSR count). The summed E-state index contributed by atoms with van der Waals surface area (Å²) in [6.45, 7) is 0. The zero-order valence-electron chi connectivity index (χ0n) is 14.0. The minimum absolute atomic E-state index is 0.0336. The van der Waals surface area contributed by atoms with E-state index in [1.165, 1.54) is 55.6 Å². The van der Waals surface area contributed by atoms with Crippen molar-refractivity contribution < 1.29 is 23.5 Å². The molecular weight excluding hydrogens is 342 g/mol. The van der Waals surface area contributed by atoms with Gasteiger partial charge in [-0.2, -0.15) is 0 Å². The molecule has 0 fully saturated rings. The summed E-state index contributed by atoms with van der Waals surface area (Å²) in [6, 6.07) is 11.3. The Bertz CT molecular complexity index is 839. The number of hydroxylamine groups is 1. The highest BCUT2D eigenvalue weighted by atomic mass is 19.1. The van der Waals surface area contributed by atoms with Gasteiger partial charge in [0.1, 0.15) is 17.4 Å². The van der Waals surface area contributed by atoms with Gasteiger partial charge < -0.3 is 15.3 Å². The van der Waals surface area contributed by atoms with E-state index in [4.69, 9.17) is 4.84 Å². The highest BCUT2D eigenvalue weighted by Crippen LogP contribution is 2.34. The molecule has 1 heterocycles. The predicted octanol–water partition coefficient (Wildman–Crippen LogP) is 2.45. The minimum atomic E-state index is -1.54. The lowest BCUT2D eigenvalue weighted by Crippen LogP contribution is -2.49. The Hall–Kier alpha value is -2.77. The molecule has 1 aliphatic rings. The molecule has 0 bridgehead atoms. The zero-order chi connectivity index (χ0) is 18.7. The van der Waals surface area contributed by atoms with Crippen molar-refractivity contribution in [3.05, 3.63) is 83.1 Å². The first-order valence-corrected chi connectivity index (χ1v) is 8.03. The first-order chi connectivity index (χ1) is 12.5. The summed E-state index contributed by atoms with van der Waals surface area (Å²) >= 11 is 0. The van der Waals surface area contributed by atoms with E-state index in [2.05, 4.69) is 10.8 Å². The molecule has 2 aromatic rings. The smallest absolute Gasteiger partial charge is 0.252 e. The topological polar surface area (TPSA) is 70.6 Å². The maximum Gasteiger partial charge on any atom is 0.252 e. The number of halogens is 2. The second-order valence-corrected chi connectivity index (χ2v) is 5.95. The molecular formula is C19H18F2N2O3. The number of carbonyl (C=O) groups excluding carboxylic acids is 1. The van der Waals surface area contributed by atoms with Crippen LogP contribution >= 0.6 is 0 Å². The highest BCUT2D eigenvalue weighted by Gasteiger charge is 2.45. The van der Waals surface area contributed by atoms with Crippen LogP contribution in [0.5, 0.6) is 0 Å². The van der Waals surface area contributed by atoms with Crippen molar-refractivity contribution in [1.82, 2.24) is 10.8 Å². The molecule has 5 nitrogen and oxygen atoms in total. The van der Waals surface area contributed by atoms with Crippen molar-refractivity contribution >= 4 is 5.91 Å². The maximum atomic E-state index is 14.3. The molecule has 136 valence electrons. The second kappa shape index (κ2) is 7.23. The van der Waals surface area contributed by atoms with Gasteiger partial charge in [-0.05, 0) is 29.8 Å². The predicted molar refractivity (Wildman–Crippen MR) is 90.4 cm³/mol. The van der Waals surface area contributed by atoms with E-state index in [0.717, 1.165) is 0 Å². The summed E-state index contributed by atoms with van der Waals surface area (Å²) < 4.78 is 27.3. The second-order valence-electron chi connectivity index (χ2n) is 5.95. The Kier molecular flexibility index (Phi) is 5.01. The molecule has 0 aliphatic carbocycles. The molecule has 0 aromatic heterocycles. The first-order valence-electron chi connectivity index (χ1n) is 8.03. The molecule has 26 heavy (non-hydrogen) atoms. The number of hydrogen-bond acceptors (Lipinski definition) is 4. The van der Waals surface area contributed by atoms with Gasteiger partial charge in [-0.3, -0.25) is 4.79 Å². The average molecular weight is 360 g/mol. The van der Waals surface area contributed by atoms with Crippen molar-refractivity contribution in [3.63, 3.8) is 0 Å². The molecule has 7 heteroatoms. The van der Waals surface area contributed by atoms with Gasteiger partial charge in [0.05, 0.1) is 6.10 Å². The third-order valence-corrected chi connectivity index (χ3v) is 4.25. The third-order valence-electron chi connectivity index (χ3n) is 4.25. The van der Waals surface area contributed by atoms with Crippen LogP contribution in [-0.4, -0.2) is 18.1 Å². The summed E-state index contributed by atoms with van der Waals surface area (Å²) in [5.41, 5.74) is 1.64. The molecule has 2 aromatic carbocycles. The van der Waals surface area contributed by atoms with Crippen LogP contribution in [0.2, 0.25) is 0 Å². The fourth-order valence-electron chi connectivity index (χ4n) is 2.89. The number of nitrogens with one attached hydrogen (secondary N) is 2. The van der Waals surface area contributed by atoms with Crippen LogP contribution in [-0.2, 0) is 15.2 Å². The monoisotopic (exact) mass is 360 g/mol. The Morgan fingerprint density at radius 3 is 2.58 bits per heavy atom. The largest absolute Gasteiger partial charge is 0.412 e. The number of carbonyl (C=O) groups is 1. The van der Waals surface area contributed by atoms with Gasteiger partial charge in [0.15, 0.2) is 5.54 Å². The van der Waals surface area contributed by atoms with Crippen LogP contribution in [0.15, 0.2) is 60.4 Å². The Morgan fingerprint density at radius 1 is 1.23 bits per heavy atom. The number of rotatable bonds is 5. The highest BCUT2D eigenvalue weighted by molar-refractivity contribution is 5.90. The lowest BCUT2D eigenvalue weighted by molar-refractivity contribution is -0.128. The van der Waals surface area contributed by atoms with Gasteiger partial charge in [-0.1, -0.05) is 30.3 Å². The molecule has 0 saturated heterocycles. The molecule has 0 spiro atoms. The normalized spacial score (nSPS) is 20.2. The zero-order valence-corrected chi connectivity index (χ0v) is 14.0. The van der Waals surface area contributed by atoms with E-state index in [1.54, 1.807) is 6.07 Å². The van der Waals surface area contributed by atoms with Crippen molar-refractivity contribution in [2.75, 3.05) is 7.05 Å². The Labute approximate surface area is 149 Å².